The zero-order valence-corrected chi connectivity index (χ0v) is 22.3. The topological polar surface area (TPSA) is 120 Å². The number of carbonyl (C=O) groups is 3. The van der Waals surface area contributed by atoms with Gasteiger partial charge in [-0.25, -0.2) is 0 Å². The molecular weight excluding hydrogens is 502 g/mol. The summed E-state index contributed by atoms with van der Waals surface area (Å²) in [6.45, 7) is 2.93. The van der Waals surface area contributed by atoms with E-state index in [1.807, 2.05) is 30.3 Å². The van der Waals surface area contributed by atoms with Crippen molar-refractivity contribution in [3.8, 4) is 22.8 Å². The normalized spacial score (nSPS) is 14.4. The molecule has 10 heteroatoms. The number of nitrogens with one attached hydrogen (secondary N) is 1. The van der Waals surface area contributed by atoms with Crippen molar-refractivity contribution < 1.29 is 33.1 Å². The molecular formula is C29H33N3O7. The van der Waals surface area contributed by atoms with Gasteiger partial charge in [0.2, 0.25) is 5.91 Å². The summed E-state index contributed by atoms with van der Waals surface area (Å²) in [6, 6.07) is 15.4. The Kier molecular flexibility index (Phi) is 9.19. The number of esters is 1. The van der Waals surface area contributed by atoms with Crippen LogP contribution in [0.2, 0.25) is 0 Å². The monoisotopic (exact) mass is 535 g/mol. The van der Waals surface area contributed by atoms with E-state index in [2.05, 4.69) is 10.5 Å². The van der Waals surface area contributed by atoms with Gasteiger partial charge < -0.3 is 29.0 Å². The minimum Gasteiger partial charge on any atom is -0.497 e. The van der Waals surface area contributed by atoms with Crippen LogP contribution in [0.1, 0.15) is 35.8 Å². The van der Waals surface area contributed by atoms with Crippen molar-refractivity contribution in [3.63, 3.8) is 0 Å². The first-order valence-electron chi connectivity index (χ1n) is 12.9. The number of rotatable bonds is 10. The van der Waals surface area contributed by atoms with Crippen molar-refractivity contribution in [2.45, 2.75) is 32.2 Å². The predicted molar refractivity (Wildman–Crippen MR) is 142 cm³/mol. The quantitative estimate of drug-likeness (QED) is 0.392. The van der Waals surface area contributed by atoms with E-state index in [1.54, 1.807) is 37.1 Å². The number of methoxy groups -OCH3 is 2. The van der Waals surface area contributed by atoms with E-state index >= 15 is 0 Å². The maximum atomic E-state index is 13.6. The number of aromatic nitrogens is 1. The average Bonchev–Trinajstić information content (AvgIpc) is 3.47. The van der Waals surface area contributed by atoms with Crippen LogP contribution in [-0.4, -0.2) is 67.8 Å². The molecule has 1 unspecified atom stereocenters. The molecule has 39 heavy (non-hydrogen) atoms. The Morgan fingerprint density at radius 3 is 2.46 bits per heavy atom. The standard InChI is InChI=1S/C29H33N3O7/c1-4-38-29(35)20-12-14-32(15-13-20)28(34)24(16-19-8-6-5-7-9-19)30-27(33)23-18-26(39-31-23)22-17-21(36-2)10-11-25(22)37-3/h5-11,17-18,20,24H,4,12-16H2,1-3H3,(H,30,33). The predicted octanol–water partition coefficient (Wildman–Crippen LogP) is 3.50. The van der Waals surface area contributed by atoms with Crippen molar-refractivity contribution in [2.75, 3.05) is 33.9 Å². The number of piperidine rings is 1. The molecule has 3 aromatic rings. The lowest BCUT2D eigenvalue weighted by Crippen LogP contribution is -2.52. The minimum atomic E-state index is -0.828. The number of carbonyl (C=O) groups excluding carboxylic acids is 3. The highest BCUT2D eigenvalue weighted by molar-refractivity contribution is 5.97. The summed E-state index contributed by atoms with van der Waals surface area (Å²) in [4.78, 5) is 40.6. The molecule has 2 aromatic carbocycles. The molecule has 1 N–H and O–H groups in total. The van der Waals surface area contributed by atoms with Gasteiger partial charge in [0.25, 0.3) is 5.91 Å². The van der Waals surface area contributed by atoms with Gasteiger partial charge in [0.15, 0.2) is 11.5 Å². The van der Waals surface area contributed by atoms with Gasteiger partial charge in [-0.05, 0) is 43.5 Å². The first-order valence-corrected chi connectivity index (χ1v) is 12.9. The van der Waals surface area contributed by atoms with E-state index in [0.29, 0.717) is 61.8 Å². The van der Waals surface area contributed by atoms with E-state index in [4.69, 9.17) is 18.7 Å². The molecule has 1 atom stereocenters. The largest absolute Gasteiger partial charge is 0.497 e. The summed E-state index contributed by atoms with van der Waals surface area (Å²) in [5, 5.41) is 6.79. The fourth-order valence-corrected chi connectivity index (χ4v) is 4.61. The van der Waals surface area contributed by atoms with Crippen LogP contribution in [0, 0.1) is 5.92 Å². The van der Waals surface area contributed by atoms with Gasteiger partial charge in [-0.1, -0.05) is 35.5 Å². The van der Waals surface area contributed by atoms with Crippen LogP contribution in [0.5, 0.6) is 11.5 Å². The van der Waals surface area contributed by atoms with Crippen molar-refractivity contribution in [1.82, 2.24) is 15.4 Å². The molecule has 10 nitrogen and oxygen atoms in total. The Bertz CT molecular complexity index is 1280. The summed E-state index contributed by atoms with van der Waals surface area (Å²) in [7, 11) is 3.08. The Morgan fingerprint density at radius 2 is 1.79 bits per heavy atom. The maximum Gasteiger partial charge on any atom is 0.309 e. The molecule has 0 radical (unpaired) electrons. The lowest BCUT2D eigenvalue weighted by atomic mass is 9.95. The van der Waals surface area contributed by atoms with Crippen molar-refractivity contribution in [1.29, 1.82) is 0 Å². The number of benzene rings is 2. The zero-order chi connectivity index (χ0) is 27.8. The SMILES string of the molecule is CCOC(=O)C1CCN(C(=O)C(Cc2ccccc2)NC(=O)c2cc(-c3cc(OC)ccc3OC)on2)CC1. The van der Waals surface area contributed by atoms with Crippen LogP contribution in [0.3, 0.4) is 0 Å². The van der Waals surface area contributed by atoms with Gasteiger partial charge in [-0.2, -0.15) is 0 Å². The number of likely N-dealkylation sites (tertiary alicyclic amines) is 1. The number of nitrogens with zero attached hydrogens (tertiary/aromatic N) is 2. The van der Waals surface area contributed by atoms with Crippen LogP contribution in [0.25, 0.3) is 11.3 Å². The van der Waals surface area contributed by atoms with Crippen molar-refractivity contribution in [2.24, 2.45) is 5.92 Å². The first kappa shape index (κ1) is 27.7. The van der Waals surface area contributed by atoms with Crippen LogP contribution < -0.4 is 14.8 Å². The van der Waals surface area contributed by atoms with Crippen LogP contribution in [0.15, 0.2) is 59.1 Å². The molecule has 4 rings (SSSR count). The molecule has 0 aliphatic carbocycles. The Labute approximate surface area is 227 Å². The van der Waals surface area contributed by atoms with E-state index in [9.17, 15) is 14.4 Å². The van der Waals surface area contributed by atoms with Gasteiger partial charge in [-0.3, -0.25) is 14.4 Å². The third-order valence-electron chi connectivity index (χ3n) is 6.73. The fourth-order valence-electron chi connectivity index (χ4n) is 4.61. The van der Waals surface area contributed by atoms with Crippen molar-refractivity contribution >= 4 is 17.8 Å². The van der Waals surface area contributed by atoms with Crippen molar-refractivity contribution in [3.05, 3.63) is 65.9 Å². The highest BCUT2D eigenvalue weighted by Crippen LogP contribution is 2.33. The maximum absolute atomic E-state index is 13.6. The van der Waals surface area contributed by atoms with E-state index in [-0.39, 0.29) is 23.5 Å². The first-order chi connectivity index (χ1) is 18.9. The zero-order valence-electron chi connectivity index (χ0n) is 22.3. The number of hydrogen-bond acceptors (Lipinski definition) is 8. The molecule has 0 spiro atoms. The minimum absolute atomic E-state index is 0.0294. The highest BCUT2D eigenvalue weighted by atomic mass is 16.5. The molecule has 2 heterocycles. The number of amides is 2. The third kappa shape index (κ3) is 6.76. The van der Waals surface area contributed by atoms with E-state index in [1.165, 1.54) is 13.2 Å². The molecule has 1 aliphatic heterocycles. The van der Waals surface area contributed by atoms with Gasteiger partial charge in [0.05, 0.1) is 32.3 Å². The molecule has 0 bridgehead atoms. The highest BCUT2D eigenvalue weighted by Gasteiger charge is 2.33. The smallest absolute Gasteiger partial charge is 0.309 e. The Morgan fingerprint density at radius 1 is 1.05 bits per heavy atom. The summed E-state index contributed by atoms with van der Waals surface area (Å²) < 4.78 is 21.3. The lowest BCUT2D eigenvalue weighted by Gasteiger charge is -2.33. The lowest BCUT2D eigenvalue weighted by molar-refractivity contribution is -0.151. The molecule has 206 valence electrons. The molecule has 0 saturated carbocycles. The second-order valence-electron chi connectivity index (χ2n) is 9.21. The molecule has 1 fully saturated rings. The molecule has 1 saturated heterocycles. The van der Waals surface area contributed by atoms with E-state index in [0.717, 1.165) is 5.56 Å². The summed E-state index contributed by atoms with van der Waals surface area (Å²) in [5.74, 6) is 0.236. The summed E-state index contributed by atoms with van der Waals surface area (Å²) in [6.07, 6.45) is 1.34. The Hall–Kier alpha value is -4.34. The van der Waals surface area contributed by atoms with Gasteiger partial charge in [0.1, 0.15) is 17.5 Å². The number of hydrogen-bond donors (Lipinski definition) is 1. The van der Waals surface area contributed by atoms with Crippen LogP contribution in [-0.2, 0) is 20.7 Å². The Balaban J connectivity index is 1.50. The second-order valence-corrected chi connectivity index (χ2v) is 9.21. The molecule has 2 amide bonds. The van der Waals surface area contributed by atoms with Gasteiger partial charge in [0, 0.05) is 25.6 Å². The van der Waals surface area contributed by atoms with Crippen LogP contribution in [0.4, 0.5) is 0 Å². The van der Waals surface area contributed by atoms with E-state index < -0.39 is 11.9 Å². The van der Waals surface area contributed by atoms with Gasteiger partial charge in [-0.15, -0.1) is 0 Å². The number of ether oxygens (including phenoxy) is 3. The third-order valence-corrected chi connectivity index (χ3v) is 6.73. The average molecular weight is 536 g/mol. The fraction of sp³-hybridized carbons (Fsp3) is 0.379. The summed E-state index contributed by atoms with van der Waals surface area (Å²) in [5.41, 5.74) is 1.51. The van der Waals surface area contributed by atoms with Gasteiger partial charge >= 0.3 is 5.97 Å². The summed E-state index contributed by atoms with van der Waals surface area (Å²) >= 11 is 0. The molecule has 1 aliphatic rings. The second kappa shape index (κ2) is 12.9. The molecule has 1 aromatic heterocycles. The van der Waals surface area contributed by atoms with Crippen LogP contribution >= 0.6 is 0 Å².